The Hall–Kier alpha value is -0.960. The Bertz CT molecular complexity index is 581. The van der Waals surface area contributed by atoms with E-state index in [0.29, 0.717) is 12.2 Å². The highest BCUT2D eigenvalue weighted by atomic mass is 32.2. The van der Waals surface area contributed by atoms with Crippen LogP contribution in [0.5, 0.6) is 0 Å². The van der Waals surface area contributed by atoms with Crippen LogP contribution in [0.15, 0.2) is 15.7 Å². The van der Waals surface area contributed by atoms with Crippen molar-refractivity contribution in [2.75, 3.05) is 13.7 Å². The van der Waals surface area contributed by atoms with Crippen LogP contribution in [0.2, 0.25) is 0 Å². The number of nitrogens with two attached hydrogens (primary N) is 1. The van der Waals surface area contributed by atoms with Crippen molar-refractivity contribution in [3.8, 4) is 0 Å². The Morgan fingerprint density at radius 3 is 2.74 bits per heavy atom. The average molecular weight is 304 g/mol. The van der Waals surface area contributed by atoms with Crippen LogP contribution in [0.3, 0.4) is 0 Å². The maximum Gasteiger partial charge on any atom is 0.254 e. The number of rotatable bonds is 3. The number of hydrogen-bond donors (Lipinski definition) is 1. The summed E-state index contributed by atoms with van der Waals surface area (Å²) in [4.78, 5) is 13.9. The maximum atomic E-state index is 12.3. The van der Waals surface area contributed by atoms with Crippen LogP contribution in [0.1, 0.15) is 23.7 Å². The molecule has 1 amide bonds. The highest BCUT2D eigenvalue weighted by molar-refractivity contribution is 7.91. The maximum absolute atomic E-state index is 12.3. The van der Waals surface area contributed by atoms with Gasteiger partial charge in [0.15, 0.2) is 0 Å². The highest BCUT2D eigenvalue weighted by Crippen LogP contribution is 2.23. The van der Waals surface area contributed by atoms with Crippen LogP contribution in [-0.2, 0) is 14.8 Å². The first-order chi connectivity index (χ1) is 8.80. The van der Waals surface area contributed by atoms with Gasteiger partial charge >= 0.3 is 0 Å². The van der Waals surface area contributed by atoms with Gasteiger partial charge in [0.25, 0.3) is 5.91 Å². The third-order valence-corrected chi connectivity index (χ3v) is 5.64. The lowest BCUT2D eigenvalue weighted by atomic mass is 10.1. The normalized spacial score (nSPS) is 23.5. The molecule has 1 aromatic heterocycles. The predicted octanol–water partition coefficient (Wildman–Crippen LogP) is 0.645. The van der Waals surface area contributed by atoms with E-state index in [1.807, 2.05) is 6.92 Å². The Labute approximate surface area is 116 Å². The molecule has 0 bridgehead atoms. The molecule has 2 heterocycles. The van der Waals surface area contributed by atoms with E-state index in [4.69, 9.17) is 9.88 Å². The van der Waals surface area contributed by atoms with E-state index in [9.17, 15) is 13.2 Å². The van der Waals surface area contributed by atoms with Gasteiger partial charge in [-0.2, -0.15) is 0 Å². The second-order valence-electron chi connectivity index (χ2n) is 4.55. The second kappa shape index (κ2) is 5.20. The molecule has 1 aliphatic heterocycles. The van der Waals surface area contributed by atoms with E-state index in [2.05, 4.69) is 0 Å². The zero-order chi connectivity index (χ0) is 14.2. The fraction of sp³-hybridized carbons (Fsp3) is 0.545. The molecule has 19 heavy (non-hydrogen) atoms. The quantitative estimate of drug-likeness (QED) is 0.887. The summed E-state index contributed by atoms with van der Waals surface area (Å²) in [6.07, 6.45) is 0.778. The third kappa shape index (κ3) is 2.97. The van der Waals surface area contributed by atoms with Crippen molar-refractivity contribution < 1.29 is 17.9 Å². The first-order valence-electron chi connectivity index (χ1n) is 5.81. The topological polar surface area (TPSA) is 89.7 Å². The molecule has 0 saturated carbocycles. The molecule has 1 fully saturated rings. The first kappa shape index (κ1) is 14.4. The Balaban J connectivity index is 2.18. The second-order valence-corrected chi connectivity index (χ2v) is 7.25. The smallest absolute Gasteiger partial charge is 0.254 e. The highest BCUT2D eigenvalue weighted by Gasteiger charge is 2.31. The fourth-order valence-electron chi connectivity index (χ4n) is 2.16. The lowest BCUT2D eigenvalue weighted by molar-refractivity contribution is 0.0575. The van der Waals surface area contributed by atoms with Gasteiger partial charge in [-0.25, -0.2) is 13.6 Å². The summed E-state index contributed by atoms with van der Waals surface area (Å²) in [7, 11) is -2.05. The van der Waals surface area contributed by atoms with E-state index in [1.54, 1.807) is 11.9 Å². The molecule has 2 unspecified atom stereocenters. The van der Waals surface area contributed by atoms with Crippen LogP contribution in [-0.4, -0.2) is 45.0 Å². The molecular formula is C11H16N2O4S2. The summed E-state index contributed by atoms with van der Waals surface area (Å²) < 4.78 is 27.8. The van der Waals surface area contributed by atoms with Gasteiger partial charge in [-0.1, -0.05) is 0 Å². The largest absolute Gasteiger partial charge is 0.376 e. The molecule has 1 saturated heterocycles. The molecule has 6 nitrogen and oxygen atoms in total. The minimum atomic E-state index is -3.75. The molecule has 0 spiro atoms. The van der Waals surface area contributed by atoms with Gasteiger partial charge in [-0.15, -0.1) is 11.3 Å². The van der Waals surface area contributed by atoms with Crippen LogP contribution >= 0.6 is 11.3 Å². The van der Waals surface area contributed by atoms with Crippen molar-refractivity contribution in [3.63, 3.8) is 0 Å². The third-order valence-electron chi connectivity index (χ3n) is 3.26. The summed E-state index contributed by atoms with van der Waals surface area (Å²) in [5, 5.41) is 6.54. The van der Waals surface area contributed by atoms with E-state index in [1.165, 1.54) is 11.4 Å². The van der Waals surface area contributed by atoms with Gasteiger partial charge in [-0.3, -0.25) is 4.79 Å². The van der Waals surface area contributed by atoms with Crippen LogP contribution < -0.4 is 5.14 Å². The minimum Gasteiger partial charge on any atom is -0.376 e. The van der Waals surface area contributed by atoms with E-state index >= 15 is 0 Å². The molecular weight excluding hydrogens is 288 g/mol. The molecule has 1 aliphatic rings. The Kier molecular flexibility index (Phi) is 3.95. The molecule has 8 heteroatoms. The molecule has 106 valence electrons. The molecule has 2 rings (SSSR count). The van der Waals surface area contributed by atoms with Gasteiger partial charge < -0.3 is 9.64 Å². The summed E-state index contributed by atoms with van der Waals surface area (Å²) in [6, 6.07) is 1.34. The summed E-state index contributed by atoms with van der Waals surface area (Å²) in [6.45, 7) is 2.56. The molecule has 0 aliphatic carbocycles. The van der Waals surface area contributed by atoms with Gasteiger partial charge in [0.1, 0.15) is 4.21 Å². The number of ether oxygens (including phenoxy) is 1. The van der Waals surface area contributed by atoms with E-state index < -0.39 is 10.0 Å². The first-order valence-corrected chi connectivity index (χ1v) is 8.23. The molecule has 2 atom stereocenters. The monoisotopic (exact) mass is 304 g/mol. The van der Waals surface area contributed by atoms with Gasteiger partial charge in [0, 0.05) is 19.0 Å². The predicted molar refractivity (Wildman–Crippen MR) is 71.6 cm³/mol. The number of amides is 1. The molecule has 0 radical (unpaired) electrons. The lowest BCUT2D eigenvalue weighted by Gasteiger charge is -2.26. The van der Waals surface area contributed by atoms with E-state index in [-0.39, 0.29) is 22.3 Å². The van der Waals surface area contributed by atoms with Gasteiger partial charge in [-0.05, 0) is 19.4 Å². The van der Waals surface area contributed by atoms with E-state index in [0.717, 1.165) is 17.8 Å². The van der Waals surface area contributed by atoms with Crippen molar-refractivity contribution in [2.24, 2.45) is 5.14 Å². The summed E-state index contributed by atoms with van der Waals surface area (Å²) in [5.74, 6) is -0.214. The van der Waals surface area contributed by atoms with Gasteiger partial charge in [0.2, 0.25) is 10.0 Å². The number of nitrogens with zero attached hydrogens (tertiary/aromatic N) is 1. The Morgan fingerprint density at radius 2 is 2.26 bits per heavy atom. The standard InChI is InChI=1S/C11H16N2O4S2/c1-7-9(3-4-17-7)13(2)11(14)8-5-10(18-6-8)19(12,15)16/h5-7,9H,3-4H2,1-2H3,(H2,12,15,16). The average Bonchev–Trinajstić information content (AvgIpc) is 2.94. The van der Waals surface area contributed by atoms with Crippen LogP contribution in [0, 0.1) is 0 Å². The zero-order valence-corrected chi connectivity index (χ0v) is 12.3. The fourth-order valence-corrected chi connectivity index (χ4v) is 3.74. The summed E-state index contributed by atoms with van der Waals surface area (Å²) in [5.41, 5.74) is 0.343. The van der Waals surface area contributed by atoms with Crippen molar-refractivity contribution in [1.29, 1.82) is 0 Å². The summed E-state index contributed by atoms with van der Waals surface area (Å²) >= 11 is 0.954. The van der Waals surface area contributed by atoms with Crippen molar-refractivity contribution in [2.45, 2.75) is 29.7 Å². The van der Waals surface area contributed by atoms with Gasteiger partial charge in [0.05, 0.1) is 17.7 Å². The van der Waals surface area contributed by atoms with Crippen molar-refractivity contribution >= 4 is 27.3 Å². The Morgan fingerprint density at radius 1 is 1.58 bits per heavy atom. The number of carbonyl (C=O) groups excluding carboxylic acids is 1. The van der Waals surface area contributed by atoms with Crippen LogP contribution in [0.4, 0.5) is 0 Å². The number of hydrogen-bond acceptors (Lipinski definition) is 5. The number of thiophene rings is 1. The molecule has 2 N–H and O–H groups in total. The minimum absolute atomic E-state index is 0.0000274. The number of primary sulfonamides is 1. The molecule has 0 aromatic carbocycles. The number of carbonyl (C=O) groups is 1. The number of sulfonamides is 1. The van der Waals surface area contributed by atoms with Crippen molar-refractivity contribution in [1.82, 2.24) is 4.90 Å². The van der Waals surface area contributed by atoms with Crippen molar-refractivity contribution in [3.05, 3.63) is 17.0 Å². The number of likely N-dealkylation sites (N-methyl/N-ethyl adjacent to an activating group) is 1. The van der Waals surface area contributed by atoms with Crippen LogP contribution in [0.25, 0.3) is 0 Å². The lowest BCUT2D eigenvalue weighted by Crippen LogP contribution is -2.40. The molecule has 1 aromatic rings. The SMILES string of the molecule is CC1OCCC1N(C)C(=O)c1csc(S(N)(=O)=O)c1. The zero-order valence-electron chi connectivity index (χ0n) is 10.7.